The average molecular weight is 372 g/mol. The van der Waals surface area contributed by atoms with Crippen LogP contribution in [0.3, 0.4) is 0 Å². The normalized spacial score (nSPS) is 11.2. The van der Waals surface area contributed by atoms with Gasteiger partial charge in [-0.15, -0.1) is 0 Å². The van der Waals surface area contributed by atoms with E-state index >= 15 is 0 Å². The molecule has 3 aromatic rings. The summed E-state index contributed by atoms with van der Waals surface area (Å²) in [7, 11) is 1.60. The first-order chi connectivity index (χ1) is 12.5. The molecule has 2 heterocycles. The van der Waals surface area contributed by atoms with E-state index < -0.39 is 0 Å². The Hall–Kier alpha value is -2.21. The summed E-state index contributed by atoms with van der Waals surface area (Å²) in [6.07, 6.45) is 2.27. The van der Waals surface area contributed by atoms with Gasteiger partial charge in [-0.2, -0.15) is 0 Å². The number of hydrogen-bond donors (Lipinski definition) is 0. The molecule has 0 saturated carbocycles. The average Bonchev–Trinajstić information content (AvgIpc) is 2.90. The minimum atomic E-state index is -0.344. The Bertz CT molecular complexity index is 975. The van der Waals surface area contributed by atoms with Gasteiger partial charge in [0.05, 0.1) is 12.8 Å². The van der Waals surface area contributed by atoms with Crippen LogP contribution < -0.4 is 10.4 Å². The van der Waals surface area contributed by atoms with Crippen molar-refractivity contribution in [1.82, 2.24) is 9.55 Å². The number of aromatic nitrogens is 2. The molecule has 0 aliphatic carbocycles. The van der Waals surface area contributed by atoms with Gasteiger partial charge in [-0.1, -0.05) is 25.1 Å². The number of rotatable bonds is 7. The third kappa shape index (κ3) is 3.80. The van der Waals surface area contributed by atoms with Gasteiger partial charge in [-0.3, -0.25) is 0 Å². The standard InChI is InChI=1S/C20H24N2O3S/c1-5-6-9-22-14(3)13(2)21-20(22)26-12-15-10-19(23)25-18-11-16(24-4)7-8-17(15)18/h7-8,10-11H,5-6,9,12H2,1-4H3. The number of fused-ring (bicyclic) bond motifs is 1. The number of unbranched alkanes of at least 4 members (excludes halogenated alkanes) is 1. The maximum atomic E-state index is 11.9. The number of methoxy groups -OCH3 is 1. The van der Waals surface area contributed by atoms with Gasteiger partial charge >= 0.3 is 5.63 Å². The van der Waals surface area contributed by atoms with Gasteiger partial charge in [0.15, 0.2) is 5.16 Å². The summed E-state index contributed by atoms with van der Waals surface area (Å²) in [4.78, 5) is 16.7. The summed E-state index contributed by atoms with van der Waals surface area (Å²) in [6.45, 7) is 7.32. The largest absolute Gasteiger partial charge is 0.497 e. The van der Waals surface area contributed by atoms with Gasteiger partial charge in [0.25, 0.3) is 0 Å². The minimum Gasteiger partial charge on any atom is -0.497 e. The van der Waals surface area contributed by atoms with E-state index in [1.54, 1.807) is 31.0 Å². The molecule has 0 aliphatic heterocycles. The van der Waals surface area contributed by atoms with Crippen LogP contribution in [0.1, 0.15) is 36.7 Å². The Balaban J connectivity index is 1.91. The smallest absolute Gasteiger partial charge is 0.336 e. The molecule has 0 saturated heterocycles. The summed E-state index contributed by atoms with van der Waals surface area (Å²) in [5.74, 6) is 1.34. The number of nitrogens with zero attached hydrogens (tertiary/aromatic N) is 2. The van der Waals surface area contributed by atoms with Crippen molar-refractivity contribution in [1.29, 1.82) is 0 Å². The van der Waals surface area contributed by atoms with E-state index in [0.717, 1.165) is 41.2 Å². The van der Waals surface area contributed by atoms with Crippen molar-refractivity contribution in [3.63, 3.8) is 0 Å². The maximum Gasteiger partial charge on any atom is 0.336 e. The molecule has 26 heavy (non-hydrogen) atoms. The number of hydrogen-bond acceptors (Lipinski definition) is 5. The van der Waals surface area contributed by atoms with Gasteiger partial charge in [-0.05, 0) is 38.0 Å². The van der Waals surface area contributed by atoms with Crippen molar-refractivity contribution in [2.75, 3.05) is 7.11 Å². The predicted molar refractivity (Wildman–Crippen MR) is 105 cm³/mol. The van der Waals surface area contributed by atoms with Crippen LogP contribution >= 0.6 is 11.8 Å². The molecule has 0 N–H and O–H groups in total. The molecule has 2 aromatic heterocycles. The first-order valence-corrected chi connectivity index (χ1v) is 9.79. The molecule has 1 aromatic carbocycles. The Labute approximate surface area is 157 Å². The maximum absolute atomic E-state index is 11.9. The fraction of sp³-hybridized carbons (Fsp3) is 0.400. The van der Waals surface area contributed by atoms with Crippen molar-refractivity contribution in [3.8, 4) is 5.75 Å². The van der Waals surface area contributed by atoms with Crippen molar-refractivity contribution >= 4 is 22.7 Å². The van der Waals surface area contributed by atoms with E-state index in [1.165, 1.54) is 5.69 Å². The van der Waals surface area contributed by atoms with Gasteiger partial charge in [0.2, 0.25) is 0 Å². The number of aryl methyl sites for hydroxylation is 1. The highest BCUT2D eigenvalue weighted by Gasteiger charge is 2.13. The van der Waals surface area contributed by atoms with E-state index in [4.69, 9.17) is 14.1 Å². The molecular formula is C20H24N2O3S. The Kier molecular flexibility index (Phi) is 5.71. The van der Waals surface area contributed by atoms with Crippen LogP contribution in [0.2, 0.25) is 0 Å². The zero-order valence-corrected chi connectivity index (χ0v) is 16.5. The topological polar surface area (TPSA) is 57.3 Å². The van der Waals surface area contributed by atoms with Crippen molar-refractivity contribution in [2.45, 2.75) is 51.1 Å². The third-order valence-electron chi connectivity index (χ3n) is 4.55. The monoisotopic (exact) mass is 372 g/mol. The molecule has 0 unspecified atom stereocenters. The van der Waals surface area contributed by atoms with E-state index in [1.807, 2.05) is 19.1 Å². The Morgan fingerprint density at radius 3 is 2.81 bits per heavy atom. The van der Waals surface area contributed by atoms with Crippen molar-refractivity contribution < 1.29 is 9.15 Å². The molecule has 3 rings (SSSR count). The van der Waals surface area contributed by atoms with Crippen LogP contribution in [-0.4, -0.2) is 16.7 Å². The summed E-state index contributed by atoms with van der Waals surface area (Å²) >= 11 is 1.66. The molecule has 0 amide bonds. The zero-order valence-electron chi connectivity index (χ0n) is 15.7. The van der Waals surface area contributed by atoms with E-state index in [0.29, 0.717) is 17.1 Å². The second kappa shape index (κ2) is 7.99. The molecule has 0 fully saturated rings. The lowest BCUT2D eigenvalue weighted by Crippen LogP contribution is -2.03. The van der Waals surface area contributed by atoms with E-state index in [2.05, 4.69) is 18.4 Å². The van der Waals surface area contributed by atoms with E-state index in [-0.39, 0.29) is 5.63 Å². The first-order valence-electron chi connectivity index (χ1n) is 8.80. The molecule has 0 atom stereocenters. The predicted octanol–water partition coefficient (Wildman–Crippen LogP) is 4.71. The molecule has 0 aliphatic rings. The fourth-order valence-electron chi connectivity index (χ4n) is 2.91. The van der Waals surface area contributed by atoms with Crippen LogP contribution in [0.25, 0.3) is 11.0 Å². The molecular weight excluding hydrogens is 348 g/mol. The summed E-state index contributed by atoms with van der Waals surface area (Å²) < 4.78 is 12.8. The zero-order chi connectivity index (χ0) is 18.7. The van der Waals surface area contributed by atoms with Crippen LogP contribution in [0.4, 0.5) is 0 Å². The van der Waals surface area contributed by atoms with Crippen LogP contribution in [0.15, 0.2) is 38.6 Å². The van der Waals surface area contributed by atoms with Gasteiger partial charge in [0.1, 0.15) is 11.3 Å². The Morgan fingerprint density at radius 2 is 2.08 bits per heavy atom. The third-order valence-corrected chi connectivity index (χ3v) is 5.58. The summed E-state index contributed by atoms with van der Waals surface area (Å²) in [5.41, 5.74) is 3.43. The molecule has 5 nitrogen and oxygen atoms in total. The van der Waals surface area contributed by atoms with Gasteiger partial charge in [-0.25, -0.2) is 9.78 Å². The number of imidazole rings is 1. The SMILES string of the molecule is CCCCn1c(SCc2cc(=O)oc3cc(OC)ccc23)nc(C)c1C. The van der Waals surface area contributed by atoms with Gasteiger partial charge < -0.3 is 13.7 Å². The van der Waals surface area contributed by atoms with Crippen molar-refractivity contribution in [3.05, 3.63) is 51.6 Å². The highest BCUT2D eigenvalue weighted by Crippen LogP contribution is 2.29. The van der Waals surface area contributed by atoms with Crippen molar-refractivity contribution in [2.24, 2.45) is 0 Å². The molecule has 0 bridgehead atoms. The quantitative estimate of drug-likeness (QED) is 0.444. The fourth-order valence-corrected chi connectivity index (χ4v) is 4.02. The number of benzene rings is 1. The molecule has 0 spiro atoms. The van der Waals surface area contributed by atoms with Gasteiger partial charge in [0, 0.05) is 35.5 Å². The molecule has 6 heteroatoms. The van der Waals surface area contributed by atoms with Crippen LogP contribution in [0, 0.1) is 13.8 Å². The highest BCUT2D eigenvalue weighted by atomic mass is 32.2. The summed E-state index contributed by atoms with van der Waals surface area (Å²) in [6, 6.07) is 7.14. The van der Waals surface area contributed by atoms with Crippen LogP contribution in [-0.2, 0) is 12.3 Å². The number of thioether (sulfide) groups is 1. The minimum absolute atomic E-state index is 0.344. The molecule has 138 valence electrons. The second-order valence-electron chi connectivity index (χ2n) is 6.31. The lowest BCUT2D eigenvalue weighted by atomic mass is 10.1. The second-order valence-corrected chi connectivity index (χ2v) is 7.25. The molecule has 0 radical (unpaired) electrons. The Morgan fingerprint density at radius 1 is 1.27 bits per heavy atom. The lowest BCUT2D eigenvalue weighted by Gasteiger charge is -2.10. The lowest BCUT2D eigenvalue weighted by molar-refractivity contribution is 0.414. The highest BCUT2D eigenvalue weighted by molar-refractivity contribution is 7.98. The number of ether oxygens (including phenoxy) is 1. The first kappa shape index (κ1) is 18.6. The van der Waals surface area contributed by atoms with Crippen LogP contribution in [0.5, 0.6) is 5.75 Å². The van der Waals surface area contributed by atoms with E-state index in [9.17, 15) is 4.79 Å². The summed E-state index contributed by atoms with van der Waals surface area (Å²) in [5, 5.41) is 1.93.